The van der Waals surface area contributed by atoms with E-state index in [1.54, 1.807) is 35.9 Å². The van der Waals surface area contributed by atoms with Gasteiger partial charge in [-0.1, -0.05) is 11.6 Å². The van der Waals surface area contributed by atoms with Crippen molar-refractivity contribution >= 4 is 29.4 Å². The number of rotatable bonds is 5. The highest BCUT2D eigenvalue weighted by atomic mass is 35.5. The maximum Gasteiger partial charge on any atom is 0.290 e. The van der Waals surface area contributed by atoms with Crippen LogP contribution in [0.2, 0.25) is 5.02 Å². The van der Waals surface area contributed by atoms with Crippen LogP contribution in [0.5, 0.6) is 5.75 Å². The molecule has 0 fully saturated rings. The molecule has 25 heavy (non-hydrogen) atoms. The monoisotopic (exact) mass is 356 g/mol. The lowest BCUT2D eigenvalue weighted by molar-refractivity contribution is 0.0948. The van der Waals surface area contributed by atoms with E-state index in [9.17, 15) is 4.79 Å². The Labute approximate surface area is 150 Å². The normalized spacial score (nSPS) is 11.2. The van der Waals surface area contributed by atoms with Gasteiger partial charge in [0.2, 0.25) is 0 Å². The van der Waals surface area contributed by atoms with Crippen molar-refractivity contribution in [3.63, 3.8) is 0 Å². The predicted octanol–water partition coefficient (Wildman–Crippen LogP) is 3.46. The number of fused-ring (bicyclic) bond motifs is 1. The highest BCUT2D eigenvalue weighted by Gasteiger charge is 2.16. The van der Waals surface area contributed by atoms with Crippen molar-refractivity contribution in [2.45, 2.75) is 13.8 Å². The summed E-state index contributed by atoms with van der Waals surface area (Å²) in [5.41, 5.74) is 5.04. The van der Waals surface area contributed by atoms with E-state index < -0.39 is 0 Å². The molecule has 0 radical (unpaired) electrons. The summed E-state index contributed by atoms with van der Waals surface area (Å²) >= 11 is 6.00. The third kappa shape index (κ3) is 3.80. The summed E-state index contributed by atoms with van der Waals surface area (Å²) in [4.78, 5) is 16.8. The molecule has 3 rings (SSSR count). The average Bonchev–Trinajstić information content (AvgIpc) is 2.91. The van der Waals surface area contributed by atoms with Crippen molar-refractivity contribution in [3.05, 3.63) is 64.6 Å². The average molecular weight is 357 g/mol. The summed E-state index contributed by atoms with van der Waals surface area (Å²) in [6.45, 7) is 4.32. The van der Waals surface area contributed by atoms with Gasteiger partial charge in [0.05, 0.1) is 23.5 Å². The summed E-state index contributed by atoms with van der Waals surface area (Å²) in [5, 5.41) is 4.53. The molecule has 1 N–H and O–H groups in total. The molecule has 1 amide bonds. The third-order valence-electron chi connectivity index (χ3n) is 3.54. The number of hydrogen-bond donors (Lipinski definition) is 1. The van der Waals surface area contributed by atoms with Crippen molar-refractivity contribution in [2.24, 2.45) is 5.10 Å². The zero-order valence-electron chi connectivity index (χ0n) is 13.9. The minimum absolute atomic E-state index is 0.352. The molecule has 0 atom stereocenters. The number of hydrogen-bond acceptors (Lipinski definition) is 4. The van der Waals surface area contributed by atoms with Crippen LogP contribution in [-0.4, -0.2) is 28.1 Å². The van der Waals surface area contributed by atoms with E-state index in [-0.39, 0.29) is 5.91 Å². The molecule has 0 saturated carbocycles. The Hall–Kier alpha value is -2.86. The zero-order valence-corrected chi connectivity index (χ0v) is 14.6. The molecule has 3 aromatic rings. The summed E-state index contributed by atoms with van der Waals surface area (Å²) in [6, 6.07) is 10.9. The van der Waals surface area contributed by atoms with E-state index in [0.29, 0.717) is 28.7 Å². The number of halogens is 1. The number of ether oxygens (including phenoxy) is 1. The number of imidazole rings is 1. The van der Waals surface area contributed by atoms with E-state index in [1.165, 1.54) is 0 Å². The van der Waals surface area contributed by atoms with Gasteiger partial charge in [0.15, 0.2) is 0 Å². The second kappa shape index (κ2) is 7.36. The molecule has 2 aromatic heterocycles. The van der Waals surface area contributed by atoms with Crippen LogP contribution >= 0.6 is 11.6 Å². The van der Waals surface area contributed by atoms with Gasteiger partial charge in [-0.15, -0.1) is 0 Å². The number of pyridine rings is 1. The Morgan fingerprint density at radius 1 is 1.32 bits per heavy atom. The maximum absolute atomic E-state index is 12.4. The Bertz CT molecular complexity index is 932. The fourth-order valence-electron chi connectivity index (χ4n) is 2.45. The number of hydrazone groups is 1. The molecule has 2 heterocycles. The lowest BCUT2D eigenvalue weighted by Crippen LogP contribution is -2.20. The fraction of sp³-hybridized carbons (Fsp3) is 0.167. The molecule has 0 aliphatic carbocycles. The first-order valence-electron chi connectivity index (χ1n) is 7.79. The molecule has 0 unspecified atom stereocenters. The largest absolute Gasteiger partial charge is 0.494 e. The van der Waals surface area contributed by atoms with E-state index >= 15 is 0 Å². The molecule has 0 aliphatic heterocycles. The first kappa shape index (κ1) is 17.0. The number of aromatic nitrogens is 2. The molecule has 0 bridgehead atoms. The fourth-order valence-corrected chi connectivity index (χ4v) is 2.61. The summed E-state index contributed by atoms with van der Waals surface area (Å²) in [5.74, 6) is 0.441. The lowest BCUT2D eigenvalue weighted by atomic mass is 10.2. The molecule has 1 aromatic carbocycles. The highest BCUT2D eigenvalue weighted by molar-refractivity contribution is 6.30. The highest BCUT2D eigenvalue weighted by Crippen LogP contribution is 2.16. The Balaban J connectivity index is 1.74. The topological polar surface area (TPSA) is 68.0 Å². The van der Waals surface area contributed by atoms with Crippen LogP contribution in [0.15, 0.2) is 47.7 Å². The van der Waals surface area contributed by atoms with Gasteiger partial charge in [-0.3, -0.25) is 9.20 Å². The molecule has 128 valence electrons. The van der Waals surface area contributed by atoms with E-state index in [2.05, 4.69) is 15.5 Å². The van der Waals surface area contributed by atoms with Crippen molar-refractivity contribution < 1.29 is 9.53 Å². The summed E-state index contributed by atoms with van der Waals surface area (Å²) < 4.78 is 7.03. The number of nitrogens with one attached hydrogen (secondary N) is 1. The predicted molar refractivity (Wildman–Crippen MR) is 97.6 cm³/mol. The van der Waals surface area contributed by atoms with E-state index in [0.717, 1.165) is 11.3 Å². The van der Waals surface area contributed by atoms with Gasteiger partial charge in [0, 0.05) is 6.20 Å². The second-order valence-corrected chi connectivity index (χ2v) is 5.76. The van der Waals surface area contributed by atoms with Gasteiger partial charge in [0.25, 0.3) is 5.91 Å². The lowest BCUT2D eigenvalue weighted by Gasteiger charge is -2.03. The van der Waals surface area contributed by atoms with Crippen molar-refractivity contribution in [1.29, 1.82) is 0 Å². The Kier molecular flexibility index (Phi) is 5.00. The first-order valence-corrected chi connectivity index (χ1v) is 8.16. The standard InChI is InChI=1S/C18H17ClN4O2/c1-3-25-15-7-4-13(5-8-15)10-20-22-18(24)17-12(2)21-16-9-6-14(19)11-23(16)17/h4-11H,3H2,1-2H3,(H,22,24)/b20-10-. The molecular weight excluding hydrogens is 340 g/mol. The molecule has 0 spiro atoms. The first-order chi connectivity index (χ1) is 12.1. The third-order valence-corrected chi connectivity index (χ3v) is 3.77. The molecular formula is C18H17ClN4O2. The van der Waals surface area contributed by atoms with E-state index in [1.807, 2.05) is 31.2 Å². The van der Waals surface area contributed by atoms with Crippen molar-refractivity contribution in [2.75, 3.05) is 6.61 Å². The summed E-state index contributed by atoms with van der Waals surface area (Å²) in [7, 11) is 0. The van der Waals surface area contributed by atoms with Crippen LogP contribution in [0.4, 0.5) is 0 Å². The maximum atomic E-state index is 12.4. The van der Waals surface area contributed by atoms with Crippen molar-refractivity contribution in [3.8, 4) is 5.75 Å². The minimum atomic E-state index is -0.352. The van der Waals surface area contributed by atoms with Gasteiger partial charge in [-0.2, -0.15) is 5.10 Å². The second-order valence-electron chi connectivity index (χ2n) is 5.32. The number of carbonyl (C=O) groups is 1. The summed E-state index contributed by atoms with van der Waals surface area (Å²) in [6.07, 6.45) is 3.22. The van der Waals surface area contributed by atoms with Gasteiger partial charge < -0.3 is 4.74 Å². The van der Waals surface area contributed by atoms with Gasteiger partial charge >= 0.3 is 0 Å². The van der Waals surface area contributed by atoms with Crippen LogP contribution in [-0.2, 0) is 0 Å². The molecule has 7 heteroatoms. The number of nitrogens with zero attached hydrogens (tertiary/aromatic N) is 3. The van der Waals surface area contributed by atoms with Crippen LogP contribution in [0, 0.1) is 6.92 Å². The van der Waals surface area contributed by atoms with E-state index in [4.69, 9.17) is 16.3 Å². The minimum Gasteiger partial charge on any atom is -0.494 e. The smallest absolute Gasteiger partial charge is 0.290 e. The van der Waals surface area contributed by atoms with Crippen LogP contribution < -0.4 is 10.2 Å². The molecule has 0 saturated heterocycles. The number of benzene rings is 1. The van der Waals surface area contributed by atoms with Crippen LogP contribution in [0.1, 0.15) is 28.7 Å². The van der Waals surface area contributed by atoms with Crippen molar-refractivity contribution in [1.82, 2.24) is 14.8 Å². The SMILES string of the molecule is CCOc1ccc(/C=N\NC(=O)c2c(C)nc3ccc(Cl)cn23)cc1. The quantitative estimate of drug-likeness (QED) is 0.562. The Morgan fingerprint density at radius 3 is 2.80 bits per heavy atom. The van der Waals surface area contributed by atoms with Crippen LogP contribution in [0.3, 0.4) is 0 Å². The number of amides is 1. The molecule has 6 nitrogen and oxygen atoms in total. The van der Waals surface area contributed by atoms with Crippen LogP contribution in [0.25, 0.3) is 5.65 Å². The molecule has 0 aliphatic rings. The van der Waals surface area contributed by atoms with Gasteiger partial charge in [0.1, 0.15) is 17.1 Å². The van der Waals surface area contributed by atoms with Gasteiger partial charge in [-0.25, -0.2) is 10.4 Å². The van der Waals surface area contributed by atoms with Gasteiger partial charge in [-0.05, 0) is 55.8 Å². The number of carbonyl (C=O) groups excluding carboxylic acids is 1. The Morgan fingerprint density at radius 2 is 2.08 bits per heavy atom. The zero-order chi connectivity index (χ0) is 17.8. The number of aryl methyl sites for hydroxylation is 1.